The fourth-order valence-corrected chi connectivity index (χ4v) is 4.75. The monoisotopic (exact) mass is 417 g/mol. The highest BCUT2D eigenvalue weighted by Crippen LogP contribution is 2.31. The van der Waals surface area contributed by atoms with Gasteiger partial charge in [0.25, 0.3) is 0 Å². The van der Waals surface area contributed by atoms with Crippen LogP contribution in [-0.2, 0) is 20.7 Å². The fourth-order valence-electron chi connectivity index (χ4n) is 4.75. The molecule has 1 aromatic rings. The molecule has 1 aromatic carbocycles. The lowest BCUT2D eigenvalue weighted by Gasteiger charge is -2.40. The van der Waals surface area contributed by atoms with Gasteiger partial charge in [-0.1, -0.05) is 31.0 Å². The van der Waals surface area contributed by atoms with E-state index in [1.807, 2.05) is 29.2 Å². The summed E-state index contributed by atoms with van der Waals surface area (Å²) >= 11 is 0. The molecule has 30 heavy (non-hydrogen) atoms. The largest absolute Gasteiger partial charge is 0.496 e. The third kappa shape index (κ3) is 5.73. The van der Waals surface area contributed by atoms with Crippen molar-refractivity contribution in [2.75, 3.05) is 53.6 Å². The van der Waals surface area contributed by atoms with Crippen LogP contribution < -0.4 is 10.1 Å². The van der Waals surface area contributed by atoms with Crippen molar-refractivity contribution in [1.82, 2.24) is 15.1 Å². The maximum atomic E-state index is 13.2. The molecule has 2 fully saturated rings. The molecule has 0 spiro atoms. The molecule has 1 heterocycles. The van der Waals surface area contributed by atoms with Crippen LogP contribution in [0.2, 0.25) is 0 Å². The molecular formula is C23H35N3O4. The highest BCUT2D eigenvalue weighted by Gasteiger charge is 2.37. The van der Waals surface area contributed by atoms with E-state index in [-0.39, 0.29) is 24.5 Å². The molecule has 166 valence electrons. The molecule has 1 saturated heterocycles. The number of benzene rings is 1. The zero-order chi connectivity index (χ0) is 21.3. The Morgan fingerprint density at radius 1 is 1.10 bits per heavy atom. The lowest BCUT2D eigenvalue weighted by Crippen LogP contribution is -2.58. The van der Waals surface area contributed by atoms with Crippen molar-refractivity contribution < 1.29 is 19.1 Å². The first-order valence-corrected chi connectivity index (χ1v) is 11.0. The number of ether oxygens (including phenoxy) is 2. The predicted octanol–water partition coefficient (Wildman–Crippen LogP) is 1.70. The van der Waals surface area contributed by atoms with Crippen molar-refractivity contribution in [3.05, 3.63) is 29.8 Å². The quantitative estimate of drug-likeness (QED) is 0.662. The van der Waals surface area contributed by atoms with Gasteiger partial charge in [-0.05, 0) is 36.8 Å². The third-order valence-electron chi connectivity index (χ3n) is 6.33. The van der Waals surface area contributed by atoms with Gasteiger partial charge in [-0.2, -0.15) is 0 Å². The van der Waals surface area contributed by atoms with E-state index in [0.29, 0.717) is 25.6 Å². The minimum atomic E-state index is -0.107. The fraction of sp³-hybridized carbons (Fsp3) is 0.652. The van der Waals surface area contributed by atoms with Crippen LogP contribution >= 0.6 is 0 Å². The van der Waals surface area contributed by atoms with E-state index in [2.05, 4.69) is 10.2 Å². The Kier molecular flexibility index (Phi) is 8.51. The van der Waals surface area contributed by atoms with Gasteiger partial charge < -0.3 is 19.7 Å². The number of hydrogen-bond acceptors (Lipinski definition) is 5. The number of carbonyl (C=O) groups is 2. The average molecular weight is 418 g/mol. The van der Waals surface area contributed by atoms with Crippen molar-refractivity contribution in [3.8, 4) is 5.75 Å². The van der Waals surface area contributed by atoms with Crippen molar-refractivity contribution >= 4 is 11.8 Å². The molecule has 3 rings (SSSR count). The second kappa shape index (κ2) is 11.3. The first-order chi connectivity index (χ1) is 14.6. The lowest BCUT2D eigenvalue weighted by atomic mass is 9.95. The Bertz CT molecular complexity index is 697. The van der Waals surface area contributed by atoms with Crippen LogP contribution in [0.5, 0.6) is 5.75 Å². The van der Waals surface area contributed by atoms with E-state index in [0.717, 1.165) is 43.7 Å². The highest BCUT2D eigenvalue weighted by molar-refractivity contribution is 5.82. The maximum absolute atomic E-state index is 13.2. The summed E-state index contributed by atoms with van der Waals surface area (Å²) in [4.78, 5) is 29.4. The summed E-state index contributed by atoms with van der Waals surface area (Å²) in [6.45, 7) is 3.48. The summed E-state index contributed by atoms with van der Waals surface area (Å²) in [6, 6.07) is 7.82. The Balaban J connectivity index is 1.57. The Morgan fingerprint density at radius 3 is 2.47 bits per heavy atom. The van der Waals surface area contributed by atoms with Crippen molar-refractivity contribution in [1.29, 1.82) is 0 Å². The van der Waals surface area contributed by atoms with Gasteiger partial charge in [-0.3, -0.25) is 14.5 Å². The van der Waals surface area contributed by atoms with Gasteiger partial charge >= 0.3 is 0 Å². The number of amides is 2. The van der Waals surface area contributed by atoms with Gasteiger partial charge in [0.1, 0.15) is 12.4 Å². The van der Waals surface area contributed by atoms with Crippen LogP contribution in [-0.4, -0.2) is 81.2 Å². The minimum absolute atomic E-state index is 0.0239. The van der Waals surface area contributed by atoms with Gasteiger partial charge in [0.2, 0.25) is 11.8 Å². The van der Waals surface area contributed by atoms with E-state index in [1.54, 1.807) is 14.2 Å². The Hall–Kier alpha value is -2.12. The first-order valence-electron chi connectivity index (χ1n) is 11.0. The Labute approximate surface area is 179 Å². The second-order valence-electron chi connectivity index (χ2n) is 8.19. The molecule has 1 unspecified atom stereocenters. The SMILES string of the molecule is COCC(=O)N1CCN(C(C(=O)NCCc2ccccc2OC)C2CCCC2)CC1. The maximum Gasteiger partial charge on any atom is 0.248 e. The average Bonchev–Trinajstić information content (AvgIpc) is 3.29. The van der Waals surface area contributed by atoms with Crippen LogP contribution in [0.4, 0.5) is 0 Å². The van der Waals surface area contributed by atoms with Gasteiger partial charge in [0.05, 0.1) is 13.2 Å². The molecule has 1 saturated carbocycles. The van der Waals surface area contributed by atoms with Gasteiger partial charge in [0.15, 0.2) is 0 Å². The number of hydrogen-bond donors (Lipinski definition) is 1. The summed E-state index contributed by atoms with van der Waals surface area (Å²) in [5.41, 5.74) is 1.10. The molecule has 1 atom stereocenters. The normalized spacial score (nSPS) is 18.9. The van der Waals surface area contributed by atoms with Crippen molar-refractivity contribution in [3.63, 3.8) is 0 Å². The zero-order valence-electron chi connectivity index (χ0n) is 18.3. The Morgan fingerprint density at radius 2 is 1.80 bits per heavy atom. The summed E-state index contributed by atoms with van der Waals surface area (Å²) < 4.78 is 10.4. The number of rotatable bonds is 9. The van der Waals surface area contributed by atoms with Crippen molar-refractivity contribution in [2.24, 2.45) is 5.92 Å². The zero-order valence-corrected chi connectivity index (χ0v) is 18.3. The smallest absolute Gasteiger partial charge is 0.248 e. The van der Waals surface area contributed by atoms with Gasteiger partial charge in [0, 0.05) is 39.8 Å². The molecule has 2 amide bonds. The van der Waals surface area contributed by atoms with Crippen LogP contribution in [0.3, 0.4) is 0 Å². The minimum Gasteiger partial charge on any atom is -0.496 e. The molecule has 7 heteroatoms. The second-order valence-corrected chi connectivity index (χ2v) is 8.19. The highest BCUT2D eigenvalue weighted by atomic mass is 16.5. The predicted molar refractivity (Wildman–Crippen MR) is 115 cm³/mol. The molecule has 0 aromatic heterocycles. The summed E-state index contributed by atoms with van der Waals surface area (Å²) in [7, 11) is 3.21. The molecule has 0 radical (unpaired) electrons. The van der Waals surface area contributed by atoms with Crippen LogP contribution in [0.25, 0.3) is 0 Å². The molecule has 1 N–H and O–H groups in total. The number of piperazine rings is 1. The standard InChI is InChI=1S/C23H35N3O4/c1-29-17-21(27)25-13-15-26(16-14-25)22(19-8-3-4-9-19)23(28)24-12-11-18-7-5-6-10-20(18)30-2/h5-7,10,19,22H,3-4,8-9,11-17H2,1-2H3,(H,24,28). The van der Waals surface area contributed by atoms with Crippen molar-refractivity contribution in [2.45, 2.75) is 38.1 Å². The van der Waals surface area contributed by atoms with Gasteiger partial charge in [-0.25, -0.2) is 0 Å². The van der Waals surface area contributed by atoms with Crippen LogP contribution in [0.15, 0.2) is 24.3 Å². The number of carbonyl (C=O) groups excluding carboxylic acids is 2. The van der Waals surface area contributed by atoms with Crippen LogP contribution in [0, 0.1) is 5.92 Å². The lowest BCUT2D eigenvalue weighted by molar-refractivity contribution is -0.138. The van der Waals surface area contributed by atoms with E-state index in [9.17, 15) is 9.59 Å². The number of nitrogens with zero attached hydrogens (tertiary/aromatic N) is 2. The van der Waals surface area contributed by atoms with E-state index in [1.165, 1.54) is 12.8 Å². The van der Waals surface area contributed by atoms with E-state index >= 15 is 0 Å². The number of nitrogens with one attached hydrogen (secondary N) is 1. The summed E-state index contributed by atoms with van der Waals surface area (Å²) in [6.07, 6.45) is 5.34. The van der Waals surface area contributed by atoms with Gasteiger partial charge in [-0.15, -0.1) is 0 Å². The third-order valence-corrected chi connectivity index (χ3v) is 6.33. The molecule has 0 bridgehead atoms. The molecule has 7 nitrogen and oxygen atoms in total. The molecule has 1 aliphatic heterocycles. The number of methoxy groups -OCH3 is 2. The summed E-state index contributed by atoms with van der Waals surface area (Å²) in [5, 5.41) is 3.17. The summed E-state index contributed by atoms with van der Waals surface area (Å²) in [5.74, 6) is 1.40. The van der Waals surface area contributed by atoms with E-state index in [4.69, 9.17) is 9.47 Å². The van der Waals surface area contributed by atoms with Crippen LogP contribution in [0.1, 0.15) is 31.2 Å². The molecular weight excluding hydrogens is 382 g/mol. The number of para-hydroxylation sites is 1. The molecule has 2 aliphatic rings. The van der Waals surface area contributed by atoms with E-state index < -0.39 is 0 Å². The molecule has 1 aliphatic carbocycles. The first kappa shape index (κ1) is 22.6. The topological polar surface area (TPSA) is 71.1 Å².